The SMILES string of the molecule is CC(C)(CO)c1cc(NC(=O)[C@@H]2CCCN2C2CCOCC2)on1. The summed E-state index contributed by atoms with van der Waals surface area (Å²) in [6, 6.07) is 2.00. The molecule has 0 aliphatic carbocycles. The molecule has 7 heteroatoms. The first-order valence-electron chi connectivity index (χ1n) is 8.73. The molecule has 2 fully saturated rings. The van der Waals surface area contributed by atoms with Crippen LogP contribution in [0.5, 0.6) is 0 Å². The van der Waals surface area contributed by atoms with Gasteiger partial charge in [0.15, 0.2) is 0 Å². The van der Waals surface area contributed by atoms with Crippen molar-refractivity contribution in [3.05, 3.63) is 11.8 Å². The van der Waals surface area contributed by atoms with Gasteiger partial charge in [-0.25, -0.2) is 0 Å². The van der Waals surface area contributed by atoms with Crippen LogP contribution in [0.4, 0.5) is 5.88 Å². The predicted molar refractivity (Wildman–Crippen MR) is 88.8 cm³/mol. The Hall–Kier alpha value is -1.44. The van der Waals surface area contributed by atoms with Gasteiger partial charge in [-0.3, -0.25) is 15.0 Å². The highest BCUT2D eigenvalue weighted by Gasteiger charge is 2.36. The van der Waals surface area contributed by atoms with E-state index in [1.54, 1.807) is 6.07 Å². The van der Waals surface area contributed by atoms with E-state index in [1.165, 1.54) is 0 Å². The number of hydrogen-bond acceptors (Lipinski definition) is 6. The molecule has 1 atom stereocenters. The van der Waals surface area contributed by atoms with Gasteiger partial charge < -0.3 is 14.4 Å². The fourth-order valence-electron chi connectivity index (χ4n) is 3.46. The van der Waals surface area contributed by atoms with Crippen LogP contribution >= 0.6 is 0 Å². The number of anilines is 1. The summed E-state index contributed by atoms with van der Waals surface area (Å²) < 4.78 is 10.7. The highest BCUT2D eigenvalue weighted by atomic mass is 16.5. The van der Waals surface area contributed by atoms with E-state index in [-0.39, 0.29) is 18.6 Å². The molecular weight excluding hydrogens is 310 g/mol. The molecule has 3 rings (SSSR count). The van der Waals surface area contributed by atoms with Gasteiger partial charge in [-0.1, -0.05) is 19.0 Å². The summed E-state index contributed by atoms with van der Waals surface area (Å²) in [5.41, 5.74) is 0.140. The largest absolute Gasteiger partial charge is 0.395 e. The van der Waals surface area contributed by atoms with Crippen molar-refractivity contribution in [2.24, 2.45) is 0 Å². The highest BCUT2D eigenvalue weighted by Crippen LogP contribution is 2.27. The second-order valence-electron chi connectivity index (χ2n) is 7.35. The molecule has 2 aliphatic heterocycles. The molecular formula is C17H27N3O4. The summed E-state index contributed by atoms with van der Waals surface area (Å²) in [5, 5.41) is 16.2. The minimum Gasteiger partial charge on any atom is -0.395 e. The van der Waals surface area contributed by atoms with Crippen LogP contribution in [0, 0.1) is 0 Å². The second-order valence-corrected chi connectivity index (χ2v) is 7.35. The zero-order chi connectivity index (χ0) is 17.2. The van der Waals surface area contributed by atoms with Gasteiger partial charge in [-0.15, -0.1) is 0 Å². The molecule has 0 radical (unpaired) electrons. The summed E-state index contributed by atoms with van der Waals surface area (Å²) in [7, 11) is 0. The van der Waals surface area contributed by atoms with Gasteiger partial charge in [0.2, 0.25) is 11.8 Å². The van der Waals surface area contributed by atoms with Crippen LogP contribution in [-0.4, -0.2) is 59.5 Å². The van der Waals surface area contributed by atoms with Crippen LogP contribution in [0.2, 0.25) is 0 Å². The Morgan fingerprint density at radius 2 is 2.17 bits per heavy atom. The highest BCUT2D eigenvalue weighted by molar-refractivity contribution is 5.94. The molecule has 7 nitrogen and oxygen atoms in total. The minimum absolute atomic E-state index is 0.0346. The molecule has 2 N–H and O–H groups in total. The summed E-state index contributed by atoms with van der Waals surface area (Å²) >= 11 is 0. The molecule has 3 heterocycles. The van der Waals surface area contributed by atoms with Gasteiger partial charge in [0.05, 0.1) is 18.3 Å². The zero-order valence-corrected chi connectivity index (χ0v) is 14.5. The number of likely N-dealkylation sites (tertiary alicyclic amines) is 1. The van der Waals surface area contributed by atoms with Gasteiger partial charge in [0, 0.05) is 30.7 Å². The smallest absolute Gasteiger partial charge is 0.244 e. The van der Waals surface area contributed by atoms with Gasteiger partial charge in [0.1, 0.15) is 0 Å². The number of hydrogen-bond donors (Lipinski definition) is 2. The third-order valence-corrected chi connectivity index (χ3v) is 5.10. The lowest BCUT2D eigenvalue weighted by Gasteiger charge is -2.34. The van der Waals surface area contributed by atoms with Crippen molar-refractivity contribution in [1.82, 2.24) is 10.1 Å². The lowest BCUT2D eigenvalue weighted by Crippen LogP contribution is -2.47. The Kier molecular flexibility index (Phi) is 5.22. The number of amides is 1. The monoisotopic (exact) mass is 337 g/mol. The Balaban J connectivity index is 1.63. The first-order chi connectivity index (χ1) is 11.5. The van der Waals surface area contributed by atoms with Crippen molar-refractivity contribution in [3.63, 3.8) is 0 Å². The van der Waals surface area contributed by atoms with E-state index in [9.17, 15) is 9.90 Å². The third-order valence-electron chi connectivity index (χ3n) is 5.10. The number of nitrogens with one attached hydrogen (secondary N) is 1. The molecule has 1 aromatic rings. The standard InChI is InChI=1S/C17H27N3O4/c1-17(2,11-21)14-10-15(24-19-14)18-16(22)13-4-3-7-20(13)12-5-8-23-9-6-12/h10,12-13,21H,3-9,11H2,1-2H3,(H,18,22)/t13-/m0/s1. The minimum atomic E-state index is -0.492. The third kappa shape index (κ3) is 3.63. The molecule has 0 spiro atoms. The van der Waals surface area contributed by atoms with Crippen LogP contribution in [-0.2, 0) is 14.9 Å². The molecule has 24 heavy (non-hydrogen) atoms. The van der Waals surface area contributed by atoms with Gasteiger partial charge in [0.25, 0.3) is 0 Å². The van der Waals surface area contributed by atoms with Gasteiger partial charge in [-0.2, -0.15) is 0 Å². The molecule has 2 saturated heterocycles. The van der Waals surface area contributed by atoms with E-state index in [2.05, 4.69) is 15.4 Å². The maximum atomic E-state index is 12.7. The fraction of sp³-hybridized carbons (Fsp3) is 0.765. The average molecular weight is 337 g/mol. The van der Waals surface area contributed by atoms with E-state index in [4.69, 9.17) is 9.26 Å². The van der Waals surface area contributed by atoms with E-state index in [0.29, 0.717) is 17.6 Å². The predicted octanol–water partition coefficient (Wildman–Crippen LogP) is 1.53. The van der Waals surface area contributed by atoms with Crippen molar-refractivity contribution in [1.29, 1.82) is 0 Å². The molecule has 1 aromatic heterocycles. The Morgan fingerprint density at radius 3 is 2.88 bits per heavy atom. The number of carbonyl (C=O) groups excluding carboxylic acids is 1. The van der Waals surface area contributed by atoms with Crippen molar-refractivity contribution < 1.29 is 19.2 Å². The molecule has 134 valence electrons. The van der Waals surface area contributed by atoms with Crippen molar-refractivity contribution in [3.8, 4) is 0 Å². The summed E-state index contributed by atoms with van der Waals surface area (Å²) in [6.45, 7) is 6.23. The molecule has 2 aliphatic rings. The lowest BCUT2D eigenvalue weighted by molar-refractivity contribution is -0.121. The number of aliphatic hydroxyl groups excluding tert-OH is 1. The Morgan fingerprint density at radius 1 is 1.42 bits per heavy atom. The van der Waals surface area contributed by atoms with E-state index >= 15 is 0 Å². The summed E-state index contributed by atoms with van der Waals surface area (Å²) in [4.78, 5) is 15.0. The van der Waals surface area contributed by atoms with Gasteiger partial charge >= 0.3 is 0 Å². The van der Waals surface area contributed by atoms with Crippen molar-refractivity contribution >= 4 is 11.8 Å². The number of aromatic nitrogens is 1. The quantitative estimate of drug-likeness (QED) is 0.847. The van der Waals surface area contributed by atoms with Crippen LogP contribution in [0.15, 0.2) is 10.6 Å². The Labute approximate surface area is 142 Å². The van der Waals surface area contributed by atoms with E-state index in [0.717, 1.165) is 45.4 Å². The number of nitrogens with zero attached hydrogens (tertiary/aromatic N) is 2. The van der Waals surface area contributed by atoms with Crippen LogP contribution in [0.25, 0.3) is 0 Å². The number of rotatable bonds is 5. The average Bonchev–Trinajstić information content (AvgIpc) is 3.25. The number of aliphatic hydroxyl groups is 1. The second kappa shape index (κ2) is 7.21. The van der Waals surface area contributed by atoms with E-state index < -0.39 is 5.41 Å². The first-order valence-corrected chi connectivity index (χ1v) is 8.73. The number of carbonyl (C=O) groups is 1. The first kappa shape index (κ1) is 17.4. The van der Waals surface area contributed by atoms with Crippen LogP contribution < -0.4 is 5.32 Å². The molecule has 0 saturated carbocycles. The maximum absolute atomic E-state index is 12.7. The van der Waals surface area contributed by atoms with Crippen molar-refractivity contribution in [2.45, 2.75) is 57.0 Å². The molecule has 1 amide bonds. The summed E-state index contributed by atoms with van der Waals surface area (Å²) in [5.74, 6) is 0.304. The number of ether oxygens (including phenoxy) is 1. The molecule has 0 unspecified atom stereocenters. The van der Waals surface area contributed by atoms with Crippen LogP contribution in [0.3, 0.4) is 0 Å². The topological polar surface area (TPSA) is 87.8 Å². The van der Waals surface area contributed by atoms with Gasteiger partial charge in [-0.05, 0) is 32.2 Å². The normalized spacial score (nSPS) is 23.5. The Bertz CT molecular complexity index is 566. The fourth-order valence-corrected chi connectivity index (χ4v) is 3.46. The molecule has 0 bridgehead atoms. The van der Waals surface area contributed by atoms with Crippen molar-refractivity contribution in [2.75, 3.05) is 31.7 Å². The molecule has 0 aromatic carbocycles. The van der Waals surface area contributed by atoms with E-state index in [1.807, 2.05) is 13.8 Å². The lowest BCUT2D eigenvalue weighted by atomic mass is 9.91. The zero-order valence-electron chi connectivity index (χ0n) is 14.5. The summed E-state index contributed by atoms with van der Waals surface area (Å²) in [6.07, 6.45) is 3.88. The van der Waals surface area contributed by atoms with Crippen LogP contribution in [0.1, 0.15) is 45.2 Å². The maximum Gasteiger partial charge on any atom is 0.244 e.